The van der Waals surface area contributed by atoms with E-state index in [1.54, 1.807) is 47.4 Å². The molecular weight excluding hydrogens is 406 g/mol. The monoisotopic (exact) mass is 427 g/mol. The van der Waals surface area contributed by atoms with Crippen molar-refractivity contribution in [1.29, 1.82) is 5.26 Å². The van der Waals surface area contributed by atoms with Crippen LogP contribution in [-0.4, -0.2) is 53.8 Å². The van der Waals surface area contributed by atoms with Crippen LogP contribution in [0, 0.1) is 11.3 Å². The molecule has 1 amide bonds. The molecule has 8 nitrogen and oxygen atoms in total. The van der Waals surface area contributed by atoms with Gasteiger partial charge in [0.1, 0.15) is 11.6 Å². The molecule has 1 N–H and O–H groups in total. The molecule has 2 aliphatic rings. The average Bonchev–Trinajstić information content (AvgIpc) is 3.27. The van der Waals surface area contributed by atoms with Crippen molar-refractivity contribution >= 4 is 17.7 Å². The first-order chi connectivity index (χ1) is 15.6. The Morgan fingerprint density at radius 1 is 1.06 bits per heavy atom. The topological polar surface area (TPSA) is 103 Å². The number of benzene rings is 2. The molecule has 3 heterocycles. The summed E-state index contributed by atoms with van der Waals surface area (Å²) < 4.78 is 5.46. The van der Waals surface area contributed by atoms with Crippen molar-refractivity contribution < 1.29 is 14.6 Å². The third kappa shape index (κ3) is 3.63. The van der Waals surface area contributed by atoms with E-state index in [1.807, 2.05) is 6.07 Å². The Balaban J connectivity index is 1.59. The van der Waals surface area contributed by atoms with Gasteiger partial charge in [-0.1, -0.05) is 12.1 Å². The van der Waals surface area contributed by atoms with E-state index in [0.29, 0.717) is 62.2 Å². The Morgan fingerprint density at radius 3 is 2.56 bits per heavy atom. The largest absolute Gasteiger partial charge is 0.508 e. The van der Waals surface area contributed by atoms with Gasteiger partial charge in [-0.3, -0.25) is 9.69 Å². The van der Waals surface area contributed by atoms with Crippen molar-refractivity contribution in [1.82, 2.24) is 9.97 Å². The summed E-state index contributed by atoms with van der Waals surface area (Å²) in [7, 11) is 0. The van der Waals surface area contributed by atoms with Crippen molar-refractivity contribution in [2.24, 2.45) is 0 Å². The number of fused-ring (bicyclic) bond motifs is 1. The maximum atomic E-state index is 13.3. The van der Waals surface area contributed by atoms with Crippen LogP contribution in [0.3, 0.4) is 0 Å². The number of carbonyl (C=O) groups is 1. The smallest absolute Gasteiger partial charge is 0.259 e. The molecule has 1 fully saturated rings. The number of ether oxygens (including phenoxy) is 1. The van der Waals surface area contributed by atoms with Gasteiger partial charge in [-0.2, -0.15) is 10.2 Å². The van der Waals surface area contributed by atoms with Crippen molar-refractivity contribution in [2.45, 2.75) is 6.42 Å². The highest BCUT2D eigenvalue weighted by Crippen LogP contribution is 2.37. The fourth-order valence-electron chi connectivity index (χ4n) is 4.08. The third-order valence-corrected chi connectivity index (χ3v) is 5.73. The summed E-state index contributed by atoms with van der Waals surface area (Å²) in [6.45, 7) is 3.01. The molecule has 3 aromatic rings. The van der Waals surface area contributed by atoms with Gasteiger partial charge in [-0.25, -0.2) is 4.98 Å². The lowest BCUT2D eigenvalue weighted by atomic mass is 10.1. The van der Waals surface area contributed by atoms with Gasteiger partial charge < -0.3 is 14.7 Å². The predicted octanol–water partition coefficient (Wildman–Crippen LogP) is 2.76. The van der Waals surface area contributed by atoms with Crippen molar-refractivity contribution in [2.75, 3.05) is 42.6 Å². The molecule has 2 aliphatic heterocycles. The second-order valence-corrected chi connectivity index (χ2v) is 7.72. The lowest BCUT2D eigenvalue weighted by Gasteiger charge is -2.28. The van der Waals surface area contributed by atoms with Crippen LogP contribution in [0.4, 0.5) is 11.8 Å². The minimum atomic E-state index is -0.165. The molecule has 160 valence electrons. The molecular formula is C24H21N5O3. The first-order valence-corrected chi connectivity index (χ1v) is 10.5. The van der Waals surface area contributed by atoms with Crippen LogP contribution in [0.2, 0.25) is 0 Å². The molecule has 1 saturated heterocycles. The van der Waals surface area contributed by atoms with E-state index in [0.717, 1.165) is 16.8 Å². The molecule has 0 saturated carbocycles. The Morgan fingerprint density at radius 2 is 1.84 bits per heavy atom. The zero-order chi connectivity index (χ0) is 22.1. The number of morpholine rings is 1. The quantitative estimate of drug-likeness (QED) is 0.686. The van der Waals surface area contributed by atoms with Crippen LogP contribution in [0.1, 0.15) is 21.5 Å². The summed E-state index contributed by atoms with van der Waals surface area (Å²) in [6, 6.07) is 15.7. The Bertz CT molecular complexity index is 1210. The molecule has 0 atom stereocenters. The van der Waals surface area contributed by atoms with E-state index in [1.165, 1.54) is 0 Å². The third-order valence-electron chi connectivity index (χ3n) is 5.73. The minimum absolute atomic E-state index is 0.159. The first kappa shape index (κ1) is 20.0. The fraction of sp³-hybridized carbons (Fsp3) is 0.250. The van der Waals surface area contributed by atoms with Gasteiger partial charge in [-0.05, 0) is 42.8 Å². The molecule has 0 radical (unpaired) electrons. The molecule has 32 heavy (non-hydrogen) atoms. The van der Waals surface area contributed by atoms with E-state index < -0.39 is 0 Å². The number of hydrogen-bond donors (Lipinski definition) is 1. The number of aromatic hydroxyl groups is 1. The molecule has 5 rings (SSSR count). The van der Waals surface area contributed by atoms with Crippen LogP contribution in [0.15, 0.2) is 48.5 Å². The zero-order valence-electron chi connectivity index (χ0n) is 17.4. The second-order valence-electron chi connectivity index (χ2n) is 7.72. The lowest BCUT2D eigenvalue weighted by molar-refractivity contribution is 0.0988. The zero-order valence-corrected chi connectivity index (χ0v) is 17.4. The van der Waals surface area contributed by atoms with Gasteiger partial charge in [0.15, 0.2) is 0 Å². The van der Waals surface area contributed by atoms with Gasteiger partial charge in [0, 0.05) is 36.3 Å². The van der Waals surface area contributed by atoms with E-state index in [4.69, 9.17) is 20.0 Å². The lowest BCUT2D eigenvalue weighted by Crippen LogP contribution is -2.38. The van der Waals surface area contributed by atoms with Gasteiger partial charge in [0.25, 0.3) is 5.91 Å². The van der Waals surface area contributed by atoms with E-state index in [-0.39, 0.29) is 11.7 Å². The second kappa shape index (κ2) is 8.29. The van der Waals surface area contributed by atoms with Gasteiger partial charge in [0.05, 0.1) is 30.5 Å². The summed E-state index contributed by atoms with van der Waals surface area (Å²) >= 11 is 0. The Hall–Kier alpha value is -3.96. The molecule has 2 aromatic carbocycles. The number of aromatic nitrogens is 2. The van der Waals surface area contributed by atoms with Crippen LogP contribution < -0.4 is 9.80 Å². The SMILES string of the molecule is N#Cc1ccc(C(=O)N2CCc3c(-c4cccc(O)c4)nc(N4CCOCC4)nc32)cc1. The molecule has 1 aromatic heterocycles. The highest BCUT2D eigenvalue weighted by Gasteiger charge is 2.32. The van der Waals surface area contributed by atoms with Crippen LogP contribution >= 0.6 is 0 Å². The Kier molecular flexibility index (Phi) is 5.17. The number of anilines is 2. The molecule has 0 bridgehead atoms. The normalized spacial score (nSPS) is 15.3. The average molecular weight is 427 g/mol. The maximum absolute atomic E-state index is 13.3. The number of phenols is 1. The minimum Gasteiger partial charge on any atom is -0.508 e. The number of carbonyl (C=O) groups excluding carboxylic acids is 1. The van der Waals surface area contributed by atoms with Gasteiger partial charge >= 0.3 is 0 Å². The number of nitrogens with zero attached hydrogens (tertiary/aromatic N) is 5. The molecule has 0 unspecified atom stereocenters. The predicted molar refractivity (Wildman–Crippen MR) is 119 cm³/mol. The number of rotatable bonds is 3. The summed E-state index contributed by atoms with van der Waals surface area (Å²) in [5.41, 5.74) is 3.40. The fourth-order valence-corrected chi connectivity index (χ4v) is 4.08. The van der Waals surface area contributed by atoms with Crippen LogP contribution in [0.5, 0.6) is 5.75 Å². The highest BCUT2D eigenvalue weighted by atomic mass is 16.5. The molecule has 8 heteroatoms. The van der Waals surface area contributed by atoms with Crippen molar-refractivity contribution in [3.8, 4) is 23.1 Å². The summed E-state index contributed by atoms with van der Waals surface area (Å²) in [4.78, 5) is 26.7. The maximum Gasteiger partial charge on any atom is 0.259 e. The highest BCUT2D eigenvalue weighted by molar-refractivity contribution is 6.07. The van der Waals surface area contributed by atoms with Gasteiger partial charge in [-0.15, -0.1) is 0 Å². The first-order valence-electron chi connectivity index (χ1n) is 10.5. The van der Waals surface area contributed by atoms with Gasteiger partial charge in [0.2, 0.25) is 5.95 Å². The van der Waals surface area contributed by atoms with E-state index in [2.05, 4.69) is 11.0 Å². The van der Waals surface area contributed by atoms with E-state index in [9.17, 15) is 9.90 Å². The molecule has 0 aliphatic carbocycles. The number of hydrogen-bond acceptors (Lipinski definition) is 7. The van der Waals surface area contributed by atoms with Crippen LogP contribution in [-0.2, 0) is 11.2 Å². The number of amides is 1. The van der Waals surface area contributed by atoms with Crippen molar-refractivity contribution in [3.63, 3.8) is 0 Å². The number of nitriles is 1. The summed E-state index contributed by atoms with van der Waals surface area (Å²) in [6.07, 6.45) is 0.617. The summed E-state index contributed by atoms with van der Waals surface area (Å²) in [5.74, 6) is 1.13. The standard InChI is InChI=1S/C24H21N5O3/c25-15-16-4-6-17(7-5-16)23(31)29-9-8-20-21(18-2-1-3-19(30)14-18)26-24(27-22(20)29)28-10-12-32-13-11-28/h1-7,14,30H,8-13H2. The Labute approximate surface area is 185 Å². The van der Waals surface area contributed by atoms with E-state index >= 15 is 0 Å². The number of phenolic OH excluding ortho intramolecular Hbond substituents is 1. The molecule has 0 spiro atoms. The van der Waals surface area contributed by atoms with Crippen LogP contribution in [0.25, 0.3) is 11.3 Å². The van der Waals surface area contributed by atoms with Crippen molar-refractivity contribution in [3.05, 3.63) is 65.2 Å². The summed E-state index contributed by atoms with van der Waals surface area (Å²) in [5, 5.41) is 19.0.